The molecule has 7 rings (SSSR count). The number of nitrogens with zero attached hydrogens (tertiary/aromatic N) is 1. The molecule has 0 saturated carbocycles. The fourth-order valence-electron chi connectivity index (χ4n) is 7.62. The van der Waals surface area contributed by atoms with Crippen LogP contribution >= 0.6 is 0 Å². The van der Waals surface area contributed by atoms with Crippen molar-refractivity contribution in [2.45, 2.75) is 51.9 Å². The van der Waals surface area contributed by atoms with E-state index in [-0.39, 0.29) is 37.5 Å². The van der Waals surface area contributed by atoms with E-state index in [9.17, 15) is 14.4 Å². The van der Waals surface area contributed by atoms with Crippen molar-refractivity contribution < 1.29 is 33.4 Å². The molecule has 0 radical (unpaired) electrons. The zero-order valence-corrected chi connectivity index (χ0v) is 28.9. The van der Waals surface area contributed by atoms with Crippen molar-refractivity contribution in [3.05, 3.63) is 137 Å². The third kappa shape index (κ3) is 5.27. The van der Waals surface area contributed by atoms with Crippen LogP contribution in [0, 0.1) is 6.92 Å². The molecule has 1 atom stereocenters. The van der Waals surface area contributed by atoms with E-state index in [0.717, 1.165) is 38.2 Å². The van der Waals surface area contributed by atoms with Crippen LogP contribution in [0.5, 0.6) is 0 Å². The molecule has 0 unspecified atom stereocenters. The van der Waals surface area contributed by atoms with Gasteiger partial charge in [0.05, 0.1) is 31.0 Å². The highest BCUT2D eigenvalue weighted by Crippen LogP contribution is 2.53. The van der Waals surface area contributed by atoms with E-state index < -0.39 is 34.9 Å². The Labute approximate surface area is 295 Å². The van der Waals surface area contributed by atoms with E-state index in [4.69, 9.17) is 14.2 Å². The summed E-state index contributed by atoms with van der Waals surface area (Å²) in [6.07, 6.45) is 0. The quantitative estimate of drug-likeness (QED) is 0.0805. The third-order valence-corrected chi connectivity index (χ3v) is 9.87. The maximum atomic E-state index is 15.1. The molecule has 0 aliphatic carbocycles. The van der Waals surface area contributed by atoms with Crippen LogP contribution in [0.3, 0.4) is 0 Å². The van der Waals surface area contributed by atoms with Crippen molar-refractivity contribution in [2.24, 2.45) is 0 Å². The van der Waals surface area contributed by atoms with Gasteiger partial charge in [0.15, 0.2) is 5.54 Å². The van der Waals surface area contributed by atoms with Crippen molar-refractivity contribution in [1.82, 2.24) is 5.32 Å². The number of ether oxygens (including phenoxy) is 3. The normalized spacial score (nSPS) is 17.6. The molecule has 1 N–H and O–H groups in total. The Morgan fingerprint density at radius 1 is 0.725 bits per heavy atom. The Kier molecular flexibility index (Phi) is 8.69. The van der Waals surface area contributed by atoms with E-state index in [1.165, 1.54) is 6.92 Å². The highest BCUT2D eigenvalue weighted by Gasteiger charge is 2.70. The number of hydrogen-bond donors (Lipinski definition) is 1. The molecule has 0 aromatic heterocycles. The lowest BCUT2D eigenvalue weighted by Crippen LogP contribution is -2.64. The van der Waals surface area contributed by atoms with Crippen LogP contribution in [-0.4, -0.2) is 42.6 Å². The SMILES string of the molecule is CCOC(=O)C1(C(=O)OCC)N[C@@]2(C(=O)N(Cc3cccc(C)c3)c3ccccc32)C(C(=O)OCc2c3ccccc3cc3ccccc23)=C1C. The predicted octanol–water partition coefficient (Wildman–Crippen LogP) is 6.57. The van der Waals surface area contributed by atoms with Crippen molar-refractivity contribution in [3.63, 3.8) is 0 Å². The van der Waals surface area contributed by atoms with Gasteiger partial charge in [-0.25, -0.2) is 14.4 Å². The first kappa shape index (κ1) is 33.7. The van der Waals surface area contributed by atoms with Gasteiger partial charge in [0.2, 0.25) is 5.54 Å². The Balaban J connectivity index is 1.40. The number of rotatable bonds is 9. The zero-order chi connectivity index (χ0) is 35.9. The standard InChI is InChI=1S/C42H38N2O7/c1-5-49-39(47)41(40(48)50-6-2)27(4)36(37(45)51-25-33-31-18-9-7-16-29(31)23-30-17-8-10-19-32(30)33)42(43-41)34-20-11-12-21-35(34)44(38(42)46)24-28-15-13-14-26(3)22-28/h7-23,43H,5-6,24-25H2,1-4H3/t42-/m1/s1. The average Bonchev–Trinajstić information content (AvgIpc) is 3.54. The molecule has 0 fully saturated rings. The first-order valence-electron chi connectivity index (χ1n) is 17.1. The molecule has 0 bridgehead atoms. The van der Waals surface area contributed by atoms with Crippen LogP contribution < -0.4 is 10.2 Å². The Morgan fingerprint density at radius 2 is 1.33 bits per heavy atom. The molecule has 2 aliphatic rings. The van der Waals surface area contributed by atoms with Crippen LogP contribution in [-0.2, 0) is 52.1 Å². The third-order valence-electron chi connectivity index (χ3n) is 9.87. The maximum Gasteiger partial charge on any atom is 0.342 e. The molecule has 1 spiro atoms. The number of carbonyl (C=O) groups is 4. The Hall–Kier alpha value is -5.80. The van der Waals surface area contributed by atoms with Gasteiger partial charge in [0, 0.05) is 11.1 Å². The molecule has 2 heterocycles. The van der Waals surface area contributed by atoms with Crippen molar-refractivity contribution in [2.75, 3.05) is 18.1 Å². The van der Waals surface area contributed by atoms with Gasteiger partial charge in [0.1, 0.15) is 6.61 Å². The highest BCUT2D eigenvalue weighted by molar-refractivity contribution is 6.21. The van der Waals surface area contributed by atoms with Crippen LogP contribution in [0.15, 0.2) is 114 Å². The predicted molar refractivity (Wildman–Crippen MR) is 194 cm³/mol. The number of para-hydroxylation sites is 1. The molecule has 258 valence electrons. The fraction of sp³-hybridized carbons (Fsp3) is 0.238. The molecule has 1 amide bonds. The van der Waals surface area contributed by atoms with E-state index in [0.29, 0.717) is 11.3 Å². The van der Waals surface area contributed by atoms with E-state index >= 15 is 4.79 Å². The van der Waals surface area contributed by atoms with E-state index in [2.05, 4.69) is 11.4 Å². The van der Waals surface area contributed by atoms with Gasteiger partial charge >= 0.3 is 17.9 Å². The number of hydrogen-bond acceptors (Lipinski definition) is 8. The van der Waals surface area contributed by atoms with Crippen LogP contribution in [0.25, 0.3) is 21.5 Å². The number of amides is 1. The first-order chi connectivity index (χ1) is 24.7. The molecule has 0 saturated heterocycles. The summed E-state index contributed by atoms with van der Waals surface area (Å²) in [7, 11) is 0. The maximum absolute atomic E-state index is 15.1. The van der Waals surface area contributed by atoms with Crippen LogP contribution in [0.4, 0.5) is 5.69 Å². The van der Waals surface area contributed by atoms with Gasteiger partial charge in [-0.2, -0.15) is 0 Å². The minimum atomic E-state index is -2.31. The van der Waals surface area contributed by atoms with Gasteiger partial charge in [-0.1, -0.05) is 96.6 Å². The average molecular weight is 683 g/mol. The zero-order valence-electron chi connectivity index (χ0n) is 28.9. The van der Waals surface area contributed by atoms with E-state index in [1.807, 2.05) is 79.7 Å². The van der Waals surface area contributed by atoms with Gasteiger partial charge in [-0.3, -0.25) is 10.1 Å². The first-order valence-corrected chi connectivity index (χ1v) is 17.1. The van der Waals surface area contributed by atoms with Gasteiger partial charge in [0.25, 0.3) is 5.91 Å². The van der Waals surface area contributed by atoms with Gasteiger partial charge in [-0.15, -0.1) is 0 Å². The molecule has 9 nitrogen and oxygen atoms in total. The second-order valence-corrected chi connectivity index (χ2v) is 12.8. The number of aryl methyl sites for hydroxylation is 1. The minimum absolute atomic E-state index is 0.0206. The summed E-state index contributed by atoms with van der Waals surface area (Å²) in [5.41, 5.74) is -0.871. The smallest absolute Gasteiger partial charge is 0.342 e. The lowest BCUT2D eigenvalue weighted by atomic mass is 9.83. The summed E-state index contributed by atoms with van der Waals surface area (Å²) in [6, 6.07) is 32.6. The summed E-state index contributed by atoms with van der Waals surface area (Å²) >= 11 is 0. The summed E-state index contributed by atoms with van der Waals surface area (Å²) in [5, 5.41) is 6.88. The molecule has 5 aromatic carbocycles. The van der Waals surface area contributed by atoms with Crippen molar-refractivity contribution in [3.8, 4) is 0 Å². The summed E-state index contributed by atoms with van der Waals surface area (Å²) in [6.45, 7) is 6.61. The topological polar surface area (TPSA) is 111 Å². The number of carbonyl (C=O) groups excluding carboxylic acids is 4. The number of nitrogens with one attached hydrogen (secondary N) is 1. The molecule has 2 aliphatic heterocycles. The van der Waals surface area contributed by atoms with E-state index in [1.54, 1.807) is 43.0 Å². The van der Waals surface area contributed by atoms with Crippen LogP contribution in [0.2, 0.25) is 0 Å². The summed E-state index contributed by atoms with van der Waals surface area (Å²) < 4.78 is 17.1. The van der Waals surface area contributed by atoms with Gasteiger partial charge < -0.3 is 19.1 Å². The summed E-state index contributed by atoms with van der Waals surface area (Å²) in [4.78, 5) is 59.5. The fourth-order valence-corrected chi connectivity index (χ4v) is 7.62. The second-order valence-electron chi connectivity index (χ2n) is 12.8. The Morgan fingerprint density at radius 3 is 1.96 bits per heavy atom. The van der Waals surface area contributed by atoms with Crippen molar-refractivity contribution >= 4 is 51.0 Å². The van der Waals surface area contributed by atoms with Gasteiger partial charge in [-0.05, 0) is 72.5 Å². The minimum Gasteiger partial charge on any atom is -0.464 e. The number of benzene rings is 5. The molecule has 51 heavy (non-hydrogen) atoms. The molecular formula is C42H38N2O7. The lowest BCUT2D eigenvalue weighted by Gasteiger charge is -2.32. The molecular weight excluding hydrogens is 644 g/mol. The Bertz CT molecular complexity index is 2200. The largest absolute Gasteiger partial charge is 0.464 e. The van der Waals surface area contributed by atoms with Crippen LogP contribution in [0.1, 0.15) is 43.0 Å². The monoisotopic (exact) mass is 682 g/mol. The number of fused-ring (bicyclic) bond motifs is 4. The number of esters is 3. The number of anilines is 1. The highest BCUT2D eigenvalue weighted by atomic mass is 16.6. The summed E-state index contributed by atoms with van der Waals surface area (Å²) in [5.74, 6) is -3.35. The second kappa shape index (κ2) is 13.2. The molecule has 5 aromatic rings. The molecule has 9 heteroatoms. The van der Waals surface area contributed by atoms with Crippen molar-refractivity contribution in [1.29, 1.82) is 0 Å². The lowest BCUT2D eigenvalue weighted by molar-refractivity contribution is -0.164.